The molecule has 0 unspecified atom stereocenters. The topological polar surface area (TPSA) is 58.2 Å². The number of anilines is 1. The summed E-state index contributed by atoms with van der Waals surface area (Å²) in [5.41, 5.74) is 0.343. The van der Waals surface area contributed by atoms with Gasteiger partial charge >= 0.3 is 0 Å². The van der Waals surface area contributed by atoms with E-state index in [9.17, 15) is 14.0 Å². The molecule has 2 N–H and O–H groups in total. The van der Waals surface area contributed by atoms with Crippen LogP contribution in [0, 0.1) is 11.7 Å². The minimum Gasteiger partial charge on any atom is -0.342 e. The number of thiophene rings is 1. The molecule has 2 aliphatic rings. The van der Waals surface area contributed by atoms with Crippen molar-refractivity contribution in [3.05, 3.63) is 52.7 Å². The number of carbonyl (C=O) groups excluding carboxylic acids is 2. The van der Waals surface area contributed by atoms with E-state index in [0.29, 0.717) is 9.88 Å². The summed E-state index contributed by atoms with van der Waals surface area (Å²) < 4.78 is 13.4. The largest absolute Gasteiger partial charge is 0.342 e. The molecule has 124 valence electrons. The van der Waals surface area contributed by atoms with Gasteiger partial charge in [0.05, 0.1) is 15.4 Å². The van der Waals surface area contributed by atoms with Crippen LogP contribution in [0.4, 0.5) is 9.39 Å². The highest BCUT2D eigenvalue weighted by molar-refractivity contribution is 7.18. The molecule has 2 aliphatic carbocycles. The number of benzene rings is 1. The van der Waals surface area contributed by atoms with Crippen molar-refractivity contribution < 1.29 is 14.0 Å². The van der Waals surface area contributed by atoms with Crippen LogP contribution in [0.2, 0.25) is 0 Å². The lowest BCUT2D eigenvalue weighted by atomic mass is 10.0. The summed E-state index contributed by atoms with van der Waals surface area (Å²) in [7, 11) is 0. The van der Waals surface area contributed by atoms with E-state index in [1.807, 2.05) is 6.07 Å². The van der Waals surface area contributed by atoms with E-state index in [-0.39, 0.29) is 23.5 Å². The van der Waals surface area contributed by atoms with Crippen molar-refractivity contribution in [1.82, 2.24) is 5.32 Å². The zero-order chi connectivity index (χ0) is 16.7. The van der Waals surface area contributed by atoms with E-state index in [1.54, 1.807) is 18.2 Å². The van der Waals surface area contributed by atoms with Gasteiger partial charge in [-0.2, -0.15) is 0 Å². The van der Waals surface area contributed by atoms with Crippen molar-refractivity contribution in [3.8, 4) is 0 Å². The molecule has 0 radical (unpaired) electrons. The van der Waals surface area contributed by atoms with Crippen LogP contribution in [-0.4, -0.2) is 11.8 Å². The first kappa shape index (κ1) is 15.3. The Morgan fingerprint density at radius 2 is 1.96 bits per heavy atom. The van der Waals surface area contributed by atoms with Gasteiger partial charge in [0, 0.05) is 5.92 Å². The van der Waals surface area contributed by atoms with Crippen molar-refractivity contribution in [1.29, 1.82) is 0 Å². The Morgan fingerprint density at radius 3 is 2.62 bits per heavy atom. The second-order valence-electron chi connectivity index (χ2n) is 6.47. The third-order valence-corrected chi connectivity index (χ3v) is 5.50. The van der Waals surface area contributed by atoms with Crippen LogP contribution >= 0.6 is 11.3 Å². The van der Waals surface area contributed by atoms with Gasteiger partial charge < -0.3 is 10.6 Å². The maximum absolute atomic E-state index is 13.4. The maximum Gasteiger partial charge on any atom is 0.262 e. The molecule has 2 amide bonds. The van der Waals surface area contributed by atoms with Crippen LogP contribution in [0.3, 0.4) is 0 Å². The Bertz CT molecular complexity index is 809. The summed E-state index contributed by atoms with van der Waals surface area (Å²) in [4.78, 5) is 24.8. The molecular weight excluding hydrogens is 327 g/mol. The predicted molar refractivity (Wildman–Crippen MR) is 90.5 cm³/mol. The highest BCUT2D eigenvalue weighted by atomic mass is 32.1. The van der Waals surface area contributed by atoms with Gasteiger partial charge in [0.1, 0.15) is 5.82 Å². The molecule has 0 aliphatic heterocycles. The van der Waals surface area contributed by atoms with Crippen molar-refractivity contribution in [2.24, 2.45) is 5.92 Å². The first-order valence-corrected chi connectivity index (χ1v) is 8.87. The summed E-state index contributed by atoms with van der Waals surface area (Å²) >= 11 is 1.26. The van der Waals surface area contributed by atoms with Gasteiger partial charge in [-0.05, 0) is 55.5 Å². The van der Waals surface area contributed by atoms with Gasteiger partial charge in [-0.1, -0.05) is 12.1 Å². The van der Waals surface area contributed by atoms with Crippen LogP contribution in [0.25, 0.3) is 0 Å². The lowest BCUT2D eigenvalue weighted by molar-refractivity contribution is -0.117. The van der Waals surface area contributed by atoms with Crippen molar-refractivity contribution in [3.63, 3.8) is 0 Å². The van der Waals surface area contributed by atoms with Crippen LogP contribution in [0.15, 0.2) is 36.4 Å². The molecule has 0 atom stereocenters. The minimum absolute atomic E-state index is 0.0298. The Hall–Kier alpha value is -2.21. The maximum atomic E-state index is 13.4. The highest BCUT2D eigenvalue weighted by Gasteiger charge is 2.46. The van der Waals surface area contributed by atoms with Crippen LogP contribution in [0.5, 0.6) is 0 Å². The van der Waals surface area contributed by atoms with Gasteiger partial charge in [0.15, 0.2) is 0 Å². The second-order valence-corrected chi connectivity index (χ2v) is 7.56. The SMILES string of the molecule is O=C(NC1(c2cccc(F)c2)CC1)c1ccc(NC(=O)C2CC2)s1. The molecule has 4 nitrogen and oxygen atoms in total. The van der Waals surface area contributed by atoms with Crippen LogP contribution in [-0.2, 0) is 10.3 Å². The fraction of sp³-hybridized carbons (Fsp3) is 0.333. The number of carbonyl (C=O) groups is 2. The molecule has 0 spiro atoms. The molecule has 1 heterocycles. The van der Waals surface area contributed by atoms with E-state index >= 15 is 0 Å². The van der Waals surface area contributed by atoms with Gasteiger partial charge in [-0.15, -0.1) is 11.3 Å². The van der Waals surface area contributed by atoms with Crippen molar-refractivity contribution in [2.45, 2.75) is 31.2 Å². The number of halogens is 1. The first-order valence-electron chi connectivity index (χ1n) is 8.05. The van der Waals surface area contributed by atoms with Gasteiger partial charge in [-0.3, -0.25) is 9.59 Å². The Morgan fingerprint density at radius 1 is 1.17 bits per heavy atom. The van der Waals surface area contributed by atoms with Crippen LogP contribution in [0.1, 0.15) is 40.9 Å². The second kappa shape index (κ2) is 5.70. The van der Waals surface area contributed by atoms with Gasteiger partial charge in [0.25, 0.3) is 5.91 Å². The zero-order valence-corrected chi connectivity index (χ0v) is 13.8. The monoisotopic (exact) mass is 344 g/mol. The molecule has 2 fully saturated rings. The fourth-order valence-electron chi connectivity index (χ4n) is 2.77. The van der Waals surface area contributed by atoms with E-state index in [1.165, 1.54) is 23.5 Å². The first-order chi connectivity index (χ1) is 11.6. The van der Waals surface area contributed by atoms with E-state index in [0.717, 1.165) is 31.2 Å². The van der Waals surface area contributed by atoms with Gasteiger partial charge in [0.2, 0.25) is 5.91 Å². The summed E-state index contributed by atoms with van der Waals surface area (Å²) in [6.45, 7) is 0. The molecule has 24 heavy (non-hydrogen) atoms. The predicted octanol–water partition coefficient (Wildman–Crippen LogP) is 3.65. The Kier molecular flexibility index (Phi) is 3.64. The Labute approximate surface area is 143 Å². The van der Waals surface area contributed by atoms with Crippen molar-refractivity contribution in [2.75, 3.05) is 5.32 Å². The smallest absolute Gasteiger partial charge is 0.262 e. The molecule has 0 bridgehead atoms. The third-order valence-electron chi connectivity index (χ3n) is 4.50. The molecular formula is C18H17FN2O2S. The van der Waals surface area contributed by atoms with Crippen LogP contribution < -0.4 is 10.6 Å². The lowest BCUT2D eigenvalue weighted by Gasteiger charge is -2.17. The molecule has 4 rings (SSSR count). The van der Waals surface area contributed by atoms with E-state index in [4.69, 9.17) is 0 Å². The molecule has 2 aromatic rings. The third kappa shape index (κ3) is 3.06. The van der Waals surface area contributed by atoms with Crippen molar-refractivity contribution >= 4 is 28.2 Å². The average molecular weight is 344 g/mol. The summed E-state index contributed by atoms with van der Waals surface area (Å²) in [5.74, 6) is -0.322. The number of hydrogen-bond acceptors (Lipinski definition) is 3. The minimum atomic E-state index is -0.458. The van der Waals surface area contributed by atoms with Gasteiger partial charge in [-0.25, -0.2) is 4.39 Å². The standard InChI is InChI=1S/C18H17FN2O2S/c19-13-3-1-2-12(10-13)18(8-9-18)21-17(23)14-6-7-15(24-14)20-16(22)11-4-5-11/h1-3,6-7,10-11H,4-5,8-9H2,(H,20,22)(H,21,23). The highest BCUT2D eigenvalue weighted by Crippen LogP contribution is 2.46. The number of rotatable bonds is 5. The summed E-state index contributed by atoms with van der Waals surface area (Å²) in [5, 5.41) is 6.56. The zero-order valence-electron chi connectivity index (χ0n) is 13.0. The number of hydrogen-bond donors (Lipinski definition) is 2. The Balaban J connectivity index is 1.44. The quantitative estimate of drug-likeness (QED) is 0.870. The van der Waals surface area contributed by atoms with E-state index in [2.05, 4.69) is 10.6 Å². The molecule has 2 saturated carbocycles. The molecule has 1 aromatic heterocycles. The average Bonchev–Trinajstić information content (AvgIpc) is 3.47. The van der Waals surface area contributed by atoms with E-state index < -0.39 is 5.54 Å². The number of nitrogens with one attached hydrogen (secondary N) is 2. The molecule has 0 saturated heterocycles. The molecule has 6 heteroatoms. The molecule has 1 aromatic carbocycles. The fourth-order valence-corrected chi connectivity index (χ4v) is 3.58. The lowest BCUT2D eigenvalue weighted by Crippen LogP contribution is -2.34. The normalized spacial score (nSPS) is 18.0. The summed E-state index contributed by atoms with van der Waals surface area (Å²) in [6, 6.07) is 9.84. The number of amides is 2. The summed E-state index contributed by atoms with van der Waals surface area (Å²) in [6.07, 6.45) is 3.50.